The largest absolute Gasteiger partial charge is 0.322 e. The first-order valence-corrected chi connectivity index (χ1v) is 7.38. The topological polar surface area (TPSA) is 85.1 Å². The summed E-state index contributed by atoms with van der Waals surface area (Å²) in [4.78, 5) is 27.6. The number of amides is 1. The van der Waals surface area contributed by atoms with Crippen molar-refractivity contribution >= 4 is 28.2 Å². The Hall–Kier alpha value is -3.28. The second-order valence-electron chi connectivity index (χ2n) is 5.54. The molecule has 0 bridgehead atoms. The number of benzene rings is 2. The Bertz CT molecular complexity index is 967. The van der Waals surface area contributed by atoms with Crippen LogP contribution in [0.3, 0.4) is 0 Å². The van der Waals surface area contributed by atoms with E-state index in [2.05, 4.69) is 10.3 Å². The molecule has 0 aliphatic heterocycles. The van der Waals surface area contributed by atoms with Gasteiger partial charge in [-0.05, 0) is 32.0 Å². The highest BCUT2D eigenvalue weighted by atomic mass is 16.6. The zero-order chi connectivity index (χ0) is 17.3. The first-order valence-electron chi connectivity index (χ1n) is 7.38. The molecule has 3 rings (SSSR count). The third-order valence-electron chi connectivity index (χ3n) is 3.75. The van der Waals surface area contributed by atoms with Crippen LogP contribution in [0.2, 0.25) is 0 Å². The number of carbonyl (C=O) groups is 1. The lowest BCUT2D eigenvalue weighted by molar-refractivity contribution is -0.385. The van der Waals surface area contributed by atoms with Crippen molar-refractivity contribution in [3.63, 3.8) is 0 Å². The highest BCUT2D eigenvalue weighted by Gasteiger charge is 2.15. The van der Waals surface area contributed by atoms with E-state index in [9.17, 15) is 14.9 Å². The maximum absolute atomic E-state index is 12.6. The van der Waals surface area contributed by atoms with E-state index in [4.69, 9.17) is 0 Å². The van der Waals surface area contributed by atoms with Gasteiger partial charge in [-0.15, -0.1) is 0 Å². The van der Waals surface area contributed by atoms with Crippen LogP contribution in [0.4, 0.5) is 11.4 Å². The summed E-state index contributed by atoms with van der Waals surface area (Å²) in [6, 6.07) is 13.7. The third kappa shape index (κ3) is 2.94. The second-order valence-corrected chi connectivity index (χ2v) is 5.54. The summed E-state index contributed by atoms with van der Waals surface area (Å²) in [6.07, 6.45) is 0. The number of hydrogen-bond donors (Lipinski definition) is 1. The lowest BCUT2D eigenvalue weighted by Crippen LogP contribution is -2.13. The molecule has 24 heavy (non-hydrogen) atoms. The number of nitro groups is 1. The number of nitrogens with zero attached hydrogens (tertiary/aromatic N) is 2. The molecule has 0 unspecified atom stereocenters. The first-order chi connectivity index (χ1) is 11.5. The highest BCUT2D eigenvalue weighted by Crippen LogP contribution is 2.24. The fourth-order valence-electron chi connectivity index (χ4n) is 2.58. The van der Waals surface area contributed by atoms with Gasteiger partial charge in [0.15, 0.2) is 0 Å². The molecule has 0 radical (unpaired) electrons. The average molecular weight is 321 g/mol. The van der Waals surface area contributed by atoms with E-state index in [0.717, 1.165) is 16.6 Å². The van der Waals surface area contributed by atoms with Gasteiger partial charge in [-0.3, -0.25) is 19.9 Å². The Balaban J connectivity index is 1.99. The molecule has 0 spiro atoms. The van der Waals surface area contributed by atoms with Crippen LogP contribution in [0.1, 0.15) is 21.6 Å². The number of aromatic nitrogens is 1. The molecule has 0 aliphatic carbocycles. The maximum Gasteiger partial charge on any atom is 0.274 e. The van der Waals surface area contributed by atoms with E-state index in [1.54, 1.807) is 25.1 Å². The highest BCUT2D eigenvalue weighted by molar-refractivity contribution is 6.12. The van der Waals surface area contributed by atoms with Gasteiger partial charge in [-0.1, -0.05) is 24.3 Å². The van der Waals surface area contributed by atoms with Crippen molar-refractivity contribution in [1.82, 2.24) is 4.98 Å². The number of hydrogen-bond acceptors (Lipinski definition) is 4. The summed E-state index contributed by atoms with van der Waals surface area (Å²) in [5, 5.41) is 14.5. The predicted octanol–water partition coefficient (Wildman–Crippen LogP) is 4.01. The molecule has 0 fully saturated rings. The monoisotopic (exact) mass is 321 g/mol. The summed E-state index contributed by atoms with van der Waals surface area (Å²) in [7, 11) is 0. The Kier molecular flexibility index (Phi) is 3.95. The fourth-order valence-corrected chi connectivity index (χ4v) is 2.58. The Morgan fingerprint density at radius 3 is 2.62 bits per heavy atom. The van der Waals surface area contributed by atoms with Crippen molar-refractivity contribution < 1.29 is 9.72 Å². The van der Waals surface area contributed by atoms with Crippen LogP contribution in [-0.2, 0) is 0 Å². The van der Waals surface area contributed by atoms with Gasteiger partial charge in [0.05, 0.1) is 16.0 Å². The maximum atomic E-state index is 12.6. The van der Waals surface area contributed by atoms with E-state index in [-0.39, 0.29) is 11.6 Å². The summed E-state index contributed by atoms with van der Waals surface area (Å²) >= 11 is 0. The summed E-state index contributed by atoms with van der Waals surface area (Å²) < 4.78 is 0. The molecule has 1 N–H and O–H groups in total. The van der Waals surface area contributed by atoms with E-state index >= 15 is 0 Å². The van der Waals surface area contributed by atoms with E-state index in [0.29, 0.717) is 16.8 Å². The number of para-hydroxylation sites is 1. The first kappa shape index (κ1) is 15.6. The van der Waals surface area contributed by atoms with Gasteiger partial charge in [0, 0.05) is 28.4 Å². The van der Waals surface area contributed by atoms with Crippen LogP contribution in [0, 0.1) is 24.0 Å². The fraction of sp³-hybridized carbons (Fsp3) is 0.111. The minimum absolute atomic E-state index is 0.0245. The van der Waals surface area contributed by atoms with Crippen LogP contribution in [0.25, 0.3) is 10.9 Å². The number of fused-ring (bicyclic) bond motifs is 1. The molecule has 0 aliphatic rings. The molecule has 120 valence electrons. The van der Waals surface area contributed by atoms with Gasteiger partial charge < -0.3 is 5.32 Å². The molecule has 6 heteroatoms. The van der Waals surface area contributed by atoms with Crippen molar-refractivity contribution in [3.8, 4) is 0 Å². The smallest absolute Gasteiger partial charge is 0.274 e. The number of anilines is 1. The number of carbonyl (C=O) groups excluding carboxylic acids is 1. The number of rotatable bonds is 3. The molecule has 6 nitrogen and oxygen atoms in total. The van der Waals surface area contributed by atoms with Gasteiger partial charge in [-0.2, -0.15) is 0 Å². The van der Waals surface area contributed by atoms with Gasteiger partial charge >= 0.3 is 0 Å². The van der Waals surface area contributed by atoms with Crippen molar-refractivity contribution in [2.75, 3.05) is 5.32 Å². The molecule has 0 saturated carbocycles. The minimum atomic E-state index is -0.461. The standard InChI is InChI=1S/C18H15N3O3/c1-11-7-8-13(10-17(11)21(23)24)20-18(22)15-9-12(2)19-16-6-4-3-5-14(15)16/h3-10H,1-2H3,(H,20,22). The van der Waals surface area contributed by atoms with Crippen molar-refractivity contribution in [2.24, 2.45) is 0 Å². The van der Waals surface area contributed by atoms with Crippen LogP contribution in [0.15, 0.2) is 48.5 Å². The molecule has 0 saturated heterocycles. The van der Waals surface area contributed by atoms with Crippen LogP contribution < -0.4 is 5.32 Å². The van der Waals surface area contributed by atoms with Crippen molar-refractivity contribution in [1.29, 1.82) is 0 Å². The SMILES string of the molecule is Cc1cc(C(=O)Nc2ccc(C)c([N+](=O)[O-])c2)c2ccccc2n1. The van der Waals surface area contributed by atoms with Gasteiger partial charge in [-0.25, -0.2) is 0 Å². The zero-order valence-electron chi connectivity index (χ0n) is 13.2. The van der Waals surface area contributed by atoms with Crippen LogP contribution in [0.5, 0.6) is 0 Å². The summed E-state index contributed by atoms with van der Waals surface area (Å²) in [6.45, 7) is 3.48. The summed E-state index contributed by atoms with van der Waals surface area (Å²) in [5.41, 5.74) is 2.86. The summed E-state index contributed by atoms with van der Waals surface area (Å²) in [5.74, 6) is -0.324. The van der Waals surface area contributed by atoms with E-state index in [1.165, 1.54) is 6.07 Å². The molecule has 2 aromatic carbocycles. The molecule has 3 aromatic rings. The Morgan fingerprint density at radius 1 is 1.12 bits per heavy atom. The Morgan fingerprint density at radius 2 is 1.88 bits per heavy atom. The number of aryl methyl sites for hydroxylation is 2. The number of pyridine rings is 1. The lowest BCUT2D eigenvalue weighted by atomic mass is 10.1. The van der Waals surface area contributed by atoms with Crippen molar-refractivity contribution in [2.45, 2.75) is 13.8 Å². The third-order valence-corrected chi connectivity index (χ3v) is 3.75. The molecular weight excluding hydrogens is 306 g/mol. The van der Waals surface area contributed by atoms with Gasteiger partial charge in [0.1, 0.15) is 0 Å². The van der Waals surface area contributed by atoms with E-state index in [1.807, 2.05) is 31.2 Å². The quantitative estimate of drug-likeness (QED) is 0.583. The van der Waals surface area contributed by atoms with Crippen molar-refractivity contribution in [3.05, 3.63) is 75.5 Å². The van der Waals surface area contributed by atoms with Gasteiger partial charge in [0.25, 0.3) is 11.6 Å². The predicted molar refractivity (Wildman–Crippen MR) is 92.3 cm³/mol. The number of nitro benzene ring substituents is 1. The second kappa shape index (κ2) is 6.08. The molecule has 1 amide bonds. The van der Waals surface area contributed by atoms with Crippen LogP contribution in [-0.4, -0.2) is 15.8 Å². The lowest BCUT2D eigenvalue weighted by Gasteiger charge is -2.09. The normalized spacial score (nSPS) is 10.6. The van der Waals surface area contributed by atoms with Gasteiger partial charge in [0.2, 0.25) is 0 Å². The minimum Gasteiger partial charge on any atom is -0.322 e. The molecule has 0 atom stereocenters. The average Bonchev–Trinajstić information content (AvgIpc) is 2.55. The molecule has 1 aromatic heterocycles. The van der Waals surface area contributed by atoms with Crippen LogP contribution >= 0.6 is 0 Å². The van der Waals surface area contributed by atoms with E-state index < -0.39 is 4.92 Å². The number of nitrogens with one attached hydrogen (secondary N) is 1. The Labute approximate surface area is 138 Å². The molecule has 1 heterocycles. The molecular formula is C18H15N3O3. The zero-order valence-corrected chi connectivity index (χ0v) is 13.2.